The number of nitrogens with one attached hydrogen (secondary N) is 1. The van der Waals surface area contributed by atoms with Crippen LogP contribution in [-0.2, 0) is 0 Å². The third-order valence-corrected chi connectivity index (χ3v) is 4.75. The van der Waals surface area contributed by atoms with Gasteiger partial charge in [-0.2, -0.15) is 0 Å². The smallest absolute Gasteiger partial charge is 0.0611 e. The van der Waals surface area contributed by atoms with Gasteiger partial charge >= 0.3 is 0 Å². The summed E-state index contributed by atoms with van der Waals surface area (Å²) in [5.74, 6) is 0. The first kappa shape index (κ1) is 18.9. The fraction of sp³-hybridized carbons (Fsp3) is 1.00. The predicted octanol–water partition coefficient (Wildman–Crippen LogP) is 1.93. The number of hydrogen-bond acceptors (Lipinski definition) is 4. The normalized spacial score (nSPS) is 18.4. The Balaban J connectivity index is 2.25. The molecule has 1 aliphatic rings. The molecule has 1 saturated carbocycles. The van der Waals surface area contributed by atoms with Gasteiger partial charge in [0.15, 0.2) is 0 Å². The minimum Gasteiger partial charge on any atom is -0.394 e. The van der Waals surface area contributed by atoms with E-state index in [1.165, 1.54) is 25.8 Å². The molecule has 0 aromatic carbocycles. The maximum atomic E-state index is 9.67. The van der Waals surface area contributed by atoms with Gasteiger partial charge in [0.1, 0.15) is 0 Å². The highest BCUT2D eigenvalue weighted by Gasteiger charge is 2.31. The summed E-state index contributed by atoms with van der Waals surface area (Å²) in [5.41, 5.74) is -0.104. The second-order valence-corrected chi connectivity index (χ2v) is 6.70. The van der Waals surface area contributed by atoms with Crippen LogP contribution >= 0.6 is 0 Å². The molecule has 1 atom stereocenters. The number of nitrogens with zero attached hydrogens (tertiary/aromatic N) is 2. The minimum absolute atomic E-state index is 0.104. The van der Waals surface area contributed by atoms with Crippen LogP contribution in [0.1, 0.15) is 53.4 Å². The van der Waals surface area contributed by atoms with Gasteiger partial charge in [-0.25, -0.2) is 0 Å². The van der Waals surface area contributed by atoms with Crippen molar-refractivity contribution < 1.29 is 5.11 Å². The molecule has 0 bridgehead atoms. The number of hydrogen-bond donors (Lipinski definition) is 2. The molecule has 1 fully saturated rings. The lowest BCUT2D eigenvalue weighted by atomic mass is 9.98. The van der Waals surface area contributed by atoms with Crippen LogP contribution in [0.2, 0.25) is 0 Å². The fourth-order valence-electron chi connectivity index (χ4n) is 2.81. The summed E-state index contributed by atoms with van der Waals surface area (Å²) >= 11 is 0. The molecule has 4 nitrogen and oxygen atoms in total. The van der Waals surface area contributed by atoms with E-state index in [1.807, 2.05) is 0 Å². The molecule has 2 N–H and O–H groups in total. The van der Waals surface area contributed by atoms with E-state index in [1.54, 1.807) is 0 Å². The topological polar surface area (TPSA) is 38.7 Å². The summed E-state index contributed by atoms with van der Waals surface area (Å²) in [5, 5.41) is 13.3. The Morgan fingerprint density at radius 1 is 1.00 bits per heavy atom. The zero-order valence-electron chi connectivity index (χ0n) is 14.7. The van der Waals surface area contributed by atoms with E-state index in [-0.39, 0.29) is 12.1 Å². The highest BCUT2D eigenvalue weighted by atomic mass is 16.3. The van der Waals surface area contributed by atoms with Crippen LogP contribution in [0.3, 0.4) is 0 Å². The van der Waals surface area contributed by atoms with Crippen molar-refractivity contribution >= 4 is 0 Å². The molecule has 0 amide bonds. The third kappa shape index (κ3) is 7.59. The molecule has 0 heterocycles. The lowest BCUT2D eigenvalue weighted by Gasteiger charge is -2.32. The summed E-state index contributed by atoms with van der Waals surface area (Å²) in [4.78, 5) is 5.01. The van der Waals surface area contributed by atoms with E-state index >= 15 is 0 Å². The average Bonchev–Trinajstić information content (AvgIpc) is 3.30. The maximum absolute atomic E-state index is 9.67. The van der Waals surface area contributed by atoms with Gasteiger partial charge in [-0.3, -0.25) is 0 Å². The fourth-order valence-corrected chi connectivity index (χ4v) is 2.81. The van der Waals surface area contributed by atoms with Crippen molar-refractivity contribution in [2.24, 2.45) is 0 Å². The lowest BCUT2D eigenvalue weighted by molar-refractivity contribution is 0.143. The van der Waals surface area contributed by atoms with Crippen LogP contribution < -0.4 is 5.32 Å². The molecule has 1 unspecified atom stereocenters. The molecule has 0 aromatic rings. The van der Waals surface area contributed by atoms with Crippen molar-refractivity contribution in [1.29, 1.82) is 0 Å². The number of rotatable bonds is 13. The van der Waals surface area contributed by atoms with Crippen LogP contribution in [0, 0.1) is 0 Å². The van der Waals surface area contributed by atoms with E-state index in [9.17, 15) is 5.11 Å². The molecular weight excluding hydrogens is 262 g/mol. The minimum atomic E-state index is -0.104. The molecule has 1 rings (SSSR count). The van der Waals surface area contributed by atoms with Gasteiger partial charge in [0.05, 0.1) is 6.61 Å². The summed E-state index contributed by atoms with van der Waals surface area (Å²) in [7, 11) is 0. The number of aliphatic hydroxyl groups is 1. The van der Waals surface area contributed by atoms with E-state index in [0.29, 0.717) is 6.04 Å². The van der Waals surface area contributed by atoms with Gasteiger partial charge < -0.3 is 20.2 Å². The summed E-state index contributed by atoms with van der Waals surface area (Å²) < 4.78 is 0. The summed E-state index contributed by atoms with van der Waals surface area (Å²) in [6, 6.07) is 0.653. The SMILES string of the molecule is CCN(CC)CCCN(CC)CCC(C)(CO)NC1CC1. The molecule has 0 aliphatic heterocycles. The standard InChI is InChI=1S/C17H37N3O/c1-5-19(6-2)12-8-13-20(7-3)14-11-17(4,15-21)18-16-9-10-16/h16,18,21H,5-15H2,1-4H3. The van der Waals surface area contributed by atoms with Crippen LogP contribution in [0.25, 0.3) is 0 Å². The molecular formula is C17H37N3O. The van der Waals surface area contributed by atoms with Gasteiger partial charge in [-0.05, 0) is 71.9 Å². The Morgan fingerprint density at radius 3 is 2.05 bits per heavy atom. The first-order valence-electron chi connectivity index (χ1n) is 8.90. The highest BCUT2D eigenvalue weighted by molar-refractivity contribution is 4.92. The van der Waals surface area contributed by atoms with Crippen molar-refractivity contribution in [3.63, 3.8) is 0 Å². The molecule has 0 radical (unpaired) electrons. The second-order valence-electron chi connectivity index (χ2n) is 6.70. The Kier molecular flexibility index (Phi) is 8.79. The maximum Gasteiger partial charge on any atom is 0.0611 e. The van der Waals surface area contributed by atoms with E-state index in [0.717, 1.165) is 39.1 Å². The Bertz CT molecular complexity index is 267. The second kappa shape index (κ2) is 9.78. The zero-order valence-corrected chi connectivity index (χ0v) is 14.7. The zero-order chi connectivity index (χ0) is 15.7. The third-order valence-electron chi connectivity index (χ3n) is 4.75. The van der Waals surface area contributed by atoms with E-state index in [2.05, 4.69) is 42.8 Å². The van der Waals surface area contributed by atoms with Gasteiger partial charge in [0, 0.05) is 11.6 Å². The van der Waals surface area contributed by atoms with Crippen molar-refractivity contribution in [2.45, 2.75) is 65.0 Å². The van der Waals surface area contributed by atoms with Crippen molar-refractivity contribution in [1.82, 2.24) is 15.1 Å². The predicted molar refractivity (Wildman–Crippen MR) is 90.8 cm³/mol. The molecule has 126 valence electrons. The van der Waals surface area contributed by atoms with Gasteiger partial charge in [0.25, 0.3) is 0 Å². The van der Waals surface area contributed by atoms with E-state index in [4.69, 9.17) is 0 Å². The lowest BCUT2D eigenvalue weighted by Crippen LogP contribution is -2.49. The van der Waals surface area contributed by atoms with Gasteiger partial charge in [-0.1, -0.05) is 20.8 Å². The van der Waals surface area contributed by atoms with Gasteiger partial charge in [0.2, 0.25) is 0 Å². The highest BCUT2D eigenvalue weighted by Crippen LogP contribution is 2.24. The first-order valence-corrected chi connectivity index (χ1v) is 8.90. The summed E-state index contributed by atoms with van der Waals surface area (Å²) in [6.45, 7) is 15.9. The Morgan fingerprint density at radius 2 is 1.57 bits per heavy atom. The van der Waals surface area contributed by atoms with Crippen LogP contribution in [-0.4, -0.2) is 72.4 Å². The van der Waals surface area contributed by atoms with Crippen LogP contribution in [0.5, 0.6) is 0 Å². The van der Waals surface area contributed by atoms with E-state index < -0.39 is 0 Å². The number of aliphatic hydroxyl groups excluding tert-OH is 1. The van der Waals surface area contributed by atoms with Crippen molar-refractivity contribution in [3.05, 3.63) is 0 Å². The molecule has 0 saturated heterocycles. The Labute approximate surface area is 131 Å². The van der Waals surface area contributed by atoms with Gasteiger partial charge in [-0.15, -0.1) is 0 Å². The largest absolute Gasteiger partial charge is 0.394 e. The molecule has 21 heavy (non-hydrogen) atoms. The first-order chi connectivity index (χ1) is 10.1. The molecule has 1 aliphatic carbocycles. The molecule has 4 heteroatoms. The van der Waals surface area contributed by atoms with Crippen LogP contribution in [0.4, 0.5) is 0 Å². The van der Waals surface area contributed by atoms with Crippen molar-refractivity contribution in [3.8, 4) is 0 Å². The average molecular weight is 300 g/mol. The molecule has 0 aromatic heterocycles. The molecule has 0 spiro atoms. The summed E-state index contributed by atoms with van der Waals surface area (Å²) in [6.07, 6.45) is 4.81. The monoisotopic (exact) mass is 299 g/mol. The quantitative estimate of drug-likeness (QED) is 0.545. The van der Waals surface area contributed by atoms with Crippen LogP contribution in [0.15, 0.2) is 0 Å². The van der Waals surface area contributed by atoms with Crippen molar-refractivity contribution in [2.75, 3.05) is 45.9 Å². The Hall–Kier alpha value is -0.160.